The second-order valence-corrected chi connectivity index (χ2v) is 2.48. The third-order valence-electron chi connectivity index (χ3n) is 1.58. The van der Waals surface area contributed by atoms with Crippen LogP contribution in [-0.4, -0.2) is 18.1 Å². The number of aryl methyl sites for hydroxylation is 1. The first-order valence-electron chi connectivity index (χ1n) is 3.54. The Bertz CT molecular complexity index is 397. The first-order valence-corrected chi connectivity index (χ1v) is 3.54. The van der Waals surface area contributed by atoms with Gasteiger partial charge in [0.15, 0.2) is 0 Å². The Morgan fingerprint density at radius 2 is 2.23 bits per heavy atom. The number of aromatic amines is 1. The van der Waals surface area contributed by atoms with E-state index in [-0.39, 0.29) is 11.3 Å². The van der Waals surface area contributed by atoms with E-state index >= 15 is 0 Å². The van der Waals surface area contributed by atoms with Crippen molar-refractivity contribution in [2.45, 2.75) is 6.92 Å². The highest BCUT2D eigenvalue weighted by Crippen LogP contribution is 2.02. The molecule has 0 bridgehead atoms. The van der Waals surface area contributed by atoms with E-state index in [1.807, 2.05) is 0 Å². The van der Waals surface area contributed by atoms with Crippen molar-refractivity contribution in [3.63, 3.8) is 0 Å². The molecule has 0 aliphatic carbocycles. The SMILES string of the molecule is COC(=O)c1cc(F)c(C)[nH]c1=O. The fraction of sp³-hybridized carbons (Fsp3) is 0.250. The molecular weight excluding hydrogens is 177 g/mol. The number of ether oxygens (including phenoxy) is 1. The average Bonchev–Trinajstić information content (AvgIpc) is 2.10. The van der Waals surface area contributed by atoms with Gasteiger partial charge < -0.3 is 9.72 Å². The molecule has 0 spiro atoms. The highest BCUT2D eigenvalue weighted by atomic mass is 19.1. The number of carbonyl (C=O) groups is 1. The lowest BCUT2D eigenvalue weighted by Gasteiger charge is -1.99. The molecule has 0 aliphatic rings. The lowest BCUT2D eigenvalue weighted by Crippen LogP contribution is -2.20. The first-order chi connectivity index (χ1) is 6.06. The summed E-state index contributed by atoms with van der Waals surface area (Å²) in [6.07, 6.45) is 0. The van der Waals surface area contributed by atoms with Gasteiger partial charge >= 0.3 is 5.97 Å². The molecule has 0 atom stereocenters. The van der Waals surface area contributed by atoms with Crippen molar-refractivity contribution in [2.24, 2.45) is 0 Å². The molecule has 0 fully saturated rings. The Labute approximate surface area is 73.3 Å². The molecule has 1 N–H and O–H groups in total. The van der Waals surface area contributed by atoms with E-state index in [2.05, 4.69) is 9.72 Å². The van der Waals surface area contributed by atoms with Crippen molar-refractivity contribution in [2.75, 3.05) is 7.11 Å². The van der Waals surface area contributed by atoms with E-state index in [4.69, 9.17) is 0 Å². The van der Waals surface area contributed by atoms with Crippen molar-refractivity contribution in [1.29, 1.82) is 0 Å². The highest BCUT2D eigenvalue weighted by Gasteiger charge is 2.12. The van der Waals surface area contributed by atoms with Crippen LogP contribution in [0, 0.1) is 12.7 Å². The van der Waals surface area contributed by atoms with E-state index in [0.29, 0.717) is 0 Å². The van der Waals surface area contributed by atoms with Crippen LogP contribution < -0.4 is 5.56 Å². The van der Waals surface area contributed by atoms with Crippen LogP contribution in [0.5, 0.6) is 0 Å². The molecule has 0 saturated carbocycles. The maximum Gasteiger partial charge on any atom is 0.343 e. The Kier molecular flexibility index (Phi) is 2.46. The molecule has 1 rings (SSSR count). The molecule has 4 nitrogen and oxygen atoms in total. The molecule has 1 aromatic heterocycles. The zero-order valence-corrected chi connectivity index (χ0v) is 7.18. The standard InChI is InChI=1S/C8H8FNO3/c1-4-6(9)3-5(7(11)10-4)8(12)13-2/h3H,1-2H3,(H,10,11). The number of aromatic nitrogens is 1. The fourth-order valence-electron chi connectivity index (χ4n) is 0.859. The van der Waals surface area contributed by atoms with Crippen molar-refractivity contribution in [3.05, 3.63) is 33.5 Å². The molecule has 0 radical (unpaired) electrons. The molecule has 1 aromatic rings. The van der Waals surface area contributed by atoms with Gasteiger partial charge in [0.25, 0.3) is 5.56 Å². The van der Waals surface area contributed by atoms with Gasteiger partial charge in [-0.25, -0.2) is 9.18 Å². The van der Waals surface area contributed by atoms with Gasteiger partial charge in [0.1, 0.15) is 11.4 Å². The number of esters is 1. The van der Waals surface area contributed by atoms with Crippen molar-refractivity contribution < 1.29 is 13.9 Å². The van der Waals surface area contributed by atoms with Crippen molar-refractivity contribution in [3.8, 4) is 0 Å². The largest absolute Gasteiger partial charge is 0.465 e. The summed E-state index contributed by atoms with van der Waals surface area (Å²) in [6.45, 7) is 1.40. The summed E-state index contributed by atoms with van der Waals surface area (Å²) in [5, 5.41) is 0. The van der Waals surface area contributed by atoms with Crippen LogP contribution in [0.25, 0.3) is 0 Å². The third kappa shape index (κ3) is 1.74. The highest BCUT2D eigenvalue weighted by molar-refractivity contribution is 5.88. The van der Waals surface area contributed by atoms with E-state index in [1.165, 1.54) is 6.92 Å². The molecule has 70 valence electrons. The number of pyridine rings is 1. The van der Waals surface area contributed by atoms with E-state index in [0.717, 1.165) is 13.2 Å². The normalized spacial score (nSPS) is 9.77. The van der Waals surface area contributed by atoms with Crippen LogP contribution >= 0.6 is 0 Å². The summed E-state index contributed by atoms with van der Waals surface area (Å²) >= 11 is 0. The van der Waals surface area contributed by atoms with Gasteiger partial charge in [0.05, 0.1) is 12.8 Å². The Hall–Kier alpha value is -1.65. The van der Waals surface area contributed by atoms with Crippen LogP contribution in [0.15, 0.2) is 10.9 Å². The zero-order valence-electron chi connectivity index (χ0n) is 7.18. The number of methoxy groups -OCH3 is 1. The second-order valence-electron chi connectivity index (χ2n) is 2.48. The minimum Gasteiger partial charge on any atom is -0.465 e. The lowest BCUT2D eigenvalue weighted by molar-refractivity contribution is 0.0598. The van der Waals surface area contributed by atoms with E-state index < -0.39 is 17.3 Å². The lowest BCUT2D eigenvalue weighted by atomic mass is 10.2. The summed E-state index contributed by atoms with van der Waals surface area (Å²) in [5.41, 5.74) is -0.881. The van der Waals surface area contributed by atoms with Crippen molar-refractivity contribution in [1.82, 2.24) is 4.98 Å². The molecule has 13 heavy (non-hydrogen) atoms. The quantitative estimate of drug-likeness (QED) is 0.652. The Morgan fingerprint density at radius 1 is 1.62 bits per heavy atom. The topological polar surface area (TPSA) is 59.2 Å². The van der Waals surface area contributed by atoms with Gasteiger partial charge in [-0.05, 0) is 13.0 Å². The van der Waals surface area contributed by atoms with Crippen LogP contribution in [0.2, 0.25) is 0 Å². The minimum absolute atomic E-state index is 0.0950. The molecule has 5 heteroatoms. The van der Waals surface area contributed by atoms with Crippen molar-refractivity contribution >= 4 is 5.97 Å². The maximum atomic E-state index is 12.9. The zero-order chi connectivity index (χ0) is 10.0. The van der Waals surface area contributed by atoms with Crippen LogP contribution in [0.1, 0.15) is 16.1 Å². The van der Waals surface area contributed by atoms with Crippen LogP contribution in [0.4, 0.5) is 4.39 Å². The second kappa shape index (κ2) is 3.38. The predicted octanol–water partition coefficient (Wildman–Crippen LogP) is 0.609. The third-order valence-corrected chi connectivity index (χ3v) is 1.58. The van der Waals surface area contributed by atoms with Gasteiger partial charge in [-0.2, -0.15) is 0 Å². The summed E-state index contributed by atoms with van der Waals surface area (Å²) in [5.74, 6) is -1.49. The molecule has 0 saturated heterocycles. The average molecular weight is 185 g/mol. The molecule has 1 heterocycles. The van der Waals surface area contributed by atoms with E-state index in [9.17, 15) is 14.0 Å². The smallest absolute Gasteiger partial charge is 0.343 e. The molecule has 0 unspecified atom stereocenters. The number of nitrogens with one attached hydrogen (secondary N) is 1. The predicted molar refractivity (Wildman–Crippen MR) is 43.1 cm³/mol. The summed E-state index contributed by atoms with van der Waals surface area (Å²) in [4.78, 5) is 24.1. The van der Waals surface area contributed by atoms with Gasteiger partial charge in [0, 0.05) is 0 Å². The van der Waals surface area contributed by atoms with Gasteiger partial charge in [0.2, 0.25) is 0 Å². The number of H-pyrrole nitrogens is 1. The molecule has 0 aromatic carbocycles. The monoisotopic (exact) mass is 185 g/mol. The maximum absolute atomic E-state index is 12.9. The van der Waals surface area contributed by atoms with E-state index in [1.54, 1.807) is 0 Å². The Balaban J connectivity index is 3.32. The first kappa shape index (κ1) is 9.44. The van der Waals surface area contributed by atoms with Crippen LogP contribution in [0.3, 0.4) is 0 Å². The summed E-state index contributed by atoms with van der Waals surface area (Å²) in [6, 6.07) is 0.861. The number of halogens is 1. The fourth-order valence-corrected chi connectivity index (χ4v) is 0.859. The van der Waals surface area contributed by atoms with Gasteiger partial charge in [-0.1, -0.05) is 0 Å². The molecule has 0 aliphatic heterocycles. The number of rotatable bonds is 1. The van der Waals surface area contributed by atoms with Crippen LogP contribution in [-0.2, 0) is 4.74 Å². The van der Waals surface area contributed by atoms with Gasteiger partial charge in [-0.3, -0.25) is 4.79 Å². The number of carbonyl (C=O) groups excluding carboxylic acids is 1. The summed E-state index contributed by atoms with van der Waals surface area (Å²) in [7, 11) is 1.12. The molecular formula is C8H8FNO3. The number of hydrogen-bond acceptors (Lipinski definition) is 3. The Morgan fingerprint density at radius 3 is 2.77 bits per heavy atom. The summed E-state index contributed by atoms with van der Waals surface area (Å²) < 4.78 is 17.2. The molecule has 0 amide bonds. The number of hydrogen-bond donors (Lipinski definition) is 1. The minimum atomic E-state index is -0.847. The van der Waals surface area contributed by atoms with Gasteiger partial charge in [-0.15, -0.1) is 0 Å².